The maximum absolute atomic E-state index is 11.5. The van der Waals surface area contributed by atoms with Crippen LogP contribution < -0.4 is 0 Å². The van der Waals surface area contributed by atoms with Crippen LogP contribution in [0.1, 0.15) is 20.3 Å². The van der Waals surface area contributed by atoms with Gasteiger partial charge >= 0.3 is 0 Å². The summed E-state index contributed by atoms with van der Waals surface area (Å²) in [4.78, 5) is 11.5. The van der Waals surface area contributed by atoms with E-state index < -0.39 is 0 Å². The molecule has 0 N–H and O–H groups in total. The molecule has 0 heterocycles. The lowest BCUT2D eigenvalue weighted by molar-refractivity contribution is -0.124. The molecule has 0 bridgehead atoms. The molecule has 2 aliphatic carbocycles. The van der Waals surface area contributed by atoms with Crippen LogP contribution in [0.4, 0.5) is 0 Å². The van der Waals surface area contributed by atoms with E-state index in [0.29, 0.717) is 0 Å². The first-order valence-corrected chi connectivity index (χ1v) is 4.00. The van der Waals surface area contributed by atoms with Crippen molar-refractivity contribution < 1.29 is 4.79 Å². The summed E-state index contributed by atoms with van der Waals surface area (Å²) in [7, 11) is 0. The smallest absolute Gasteiger partial charge is 0.162 e. The second-order valence-corrected chi connectivity index (χ2v) is 3.92. The van der Waals surface area contributed by atoms with Gasteiger partial charge < -0.3 is 0 Å². The van der Waals surface area contributed by atoms with E-state index in [0.717, 1.165) is 6.42 Å². The summed E-state index contributed by atoms with van der Waals surface area (Å²) in [5.41, 5.74) is -0.156. The molecule has 0 aliphatic heterocycles. The maximum Gasteiger partial charge on any atom is 0.162 e. The summed E-state index contributed by atoms with van der Waals surface area (Å²) in [5.74, 6) is 0.282. The van der Waals surface area contributed by atoms with Crippen molar-refractivity contribution >= 4 is 5.78 Å². The van der Waals surface area contributed by atoms with Crippen molar-refractivity contribution in [2.45, 2.75) is 20.3 Å². The molecule has 0 radical (unpaired) electrons. The predicted octanol–water partition coefficient (Wildman–Crippen LogP) is 2.10. The molecule has 2 rings (SSSR count). The normalized spacial score (nSPS) is 46.9. The zero-order valence-electron chi connectivity index (χ0n) is 6.92. The predicted molar refractivity (Wildman–Crippen MR) is 44.1 cm³/mol. The minimum atomic E-state index is -0.160. The minimum absolute atomic E-state index is 0.00405. The highest BCUT2D eigenvalue weighted by molar-refractivity contribution is 5.99. The summed E-state index contributed by atoms with van der Waals surface area (Å²) in [6, 6.07) is 0. The lowest BCUT2D eigenvalue weighted by atomic mass is 9.70. The molecule has 0 aromatic rings. The number of carbonyl (C=O) groups excluding carboxylic acids is 1. The van der Waals surface area contributed by atoms with E-state index in [-0.39, 0.29) is 16.6 Å². The van der Waals surface area contributed by atoms with Crippen LogP contribution in [0.2, 0.25) is 0 Å². The van der Waals surface area contributed by atoms with Crippen LogP contribution in [-0.4, -0.2) is 5.78 Å². The Kier molecular flexibility index (Phi) is 1.03. The molecule has 0 fully saturated rings. The largest absolute Gasteiger partial charge is 0.294 e. The molecule has 0 unspecified atom stereocenters. The Labute approximate surface area is 66.8 Å². The summed E-state index contributed by atoms with van der Waals surface area (Å²) in [6.45, 7) is 4.17. The fraction of sp³-hybridized carbons (Fsp3) is 0.500. The topological polar surface area (TPSA) is 17.1 Å². The zero-order chi connectivity index (χ0) is 8.11. The minimum Gasteiger partial charge on any atom is -0.294 e. The first-order valence-electron chi connectivity index (χ1n) is 4.00. The van der Waals surface area contributed by atoms with Gasteiger partial charge in [-0.2, -0.15) is 0 Å². The van der Waals surface area contributed by atoms with Gasteiger partial charge in [-0.15, -0.1) is 0 Å². The summed E-state index contributed by atoms with van der Waals surface area (Å²) in [5, 5.41) is 0. The molecule has 0 saturated carbocycles. The Morgan fingerprint density at radius 1 is 1.36 bits per heavy atom. The average molecular weight is 148 g/mol. The standard InChI is InChI=1S/C10H12O/c1-9-5-3-6-10(9,2)8(11)4-7-9/h3-5,7H,6H2,1-2H3/t9-,10+/m0/s1. The van der Waals surface area contributed by atoms with E-state index in [2.05, 4.69) is 26.0 Å². The van der Waals surface area contributed by atoms with Gasteiger partial charge in [0.05, 0.1) is 0 Å². The van der Waals surface area contributed by atoms with Crippen molar-refractivity contribution in [2.24, 2.45) is 10.8 Å². The van der Waals surface area contributed by atoms with Crippen molar-refractivity contribution in [2.75, 3.05) is 0 Å². The molecular formula is C10H12O. The van der Waals surface area contributed by atoms with Gasteiger partial charge in [0.2, 0.25) is 0 Å². The summed E-state index contributed by atoms with van der Waals surface area (Å²) in [6.07, 6.45) is 8.91. The molecule has 0 amide bonds. The Balaban J connectivity index is 2.54. The SMILES string of the molecule is C[C@@]12C=CC[C@]1(C)C(=O)C=C2. The number of allylic oxidation sites excluding steroid dienone is 4. The lowest BCUT2D eigenvalue weighted by Gasteiger charge is -2.31. The third-order valence-corrected chi connectivity index (χ3v) is 3.30. The van der Waals surface area contributed by atoms with Crippen molar-refractivity contribution in [1.82, 2.24) is 0 Å². The number of fused-ring (bicyclic) bond motifs is 1. The number of hydrogen-bond donors (Lipinski definition) is 0. The van der Waals surface area contributed by atoms with Crippen LogP contribution in [0.25, 0.3) is 0 Å². The monoisotopic (exact) mass is 148 g/mol. The number of carbonyl (C=O) groups is 1. The molecule has 1 heteroatoms. The molecule has 1 nitrogen and oxygen atoms in total. The highest BCUT2D eigenvalue weighted by Crippen LogP contribution is 2.53. The van der Waals surface area contributed by atoms with Crippen molar-refractivity contribution in [3.63, 3.8) is 0 Å². The summed E-state index contributed by atoms with van der Waals surface area (Å²) < 4.78 is 0. The Bertz CT molecular complexity index is 275. The Morgan fingerprint density at radius 2 is 2.09 bits per heavy atom. The molecule has 0 saturated heterocycles. The first kappa shape index (κ1) is 6.84. The zero-order valence-corrected chi connectivity index (χ0v) is 6.92. The van der Waals surface area contributed by atoms with Crippen LogP contribution in [0, 0.1) is 10.8 Å². The molecule has 0 spiro atoms. The molecule has 11 heavy (non-hydrogen) atoms. The van der Waals surface area contributed by atoms with Crippen LogP contribution >= 0.6 is 0 Å². The highest BCUT2D eigenvalue weighted by Gasteiger charge is 2.51. The molecule has 0 aromatic heterocycles. The second kappa shape index (κ2) is 1.66. The van der Waals surface area contributed by atoms with E-state index in [4.69, 9.17) is 0 Å². The van der Waals surface area contributed by atoms with E-state index >= 15 is 0 Å². The van der Waals surface area contributed by atoms with E-state index in [9.17, 15) is 4.79 Å². The summed E-state index contributed by atoms with van der Waals surface area (Å²) >= 11 is 0. The van der Waals surface area contributed by atoms with Gasteiger partial charge in [-0.05, 0) is 12.5 Å². The Hall–Kier alpha value is -0.850. The maximum atomic E-state index is 11.5. The first-order chi connectivity index (χ1) is 5.08. The van der Waals surface area contributed by atoms with Gasteiger partial charge in [0.15, 0.2) is 5.78 Å². The van der Waals surface area contributed by atoms with Crippen molar-refractivity contribution in [1.29, 1.82) is 0 Å². The molecular weight excluding hydrogens is 136 g/mol. The quantitative estimate of drug-likeness (QED) is 0.481. The van der Waals surface area contributed by atoms with E-state index in [1.807, 2.05) is 6.08 Å². The van der Waals surface area contributed by atoms with Crippen molar-refractivity contribution in [3.05, 3.63) is 24.3 Å². The third kappa shape index (κ3) is 0.590. The second-order valence-electron chi connectivity index (χ2n) is 3.92. The van der Waals surface area contributed by atoms with Gasteiger partial charge in [-0.25, -0.2) is 0 Å². The Morgan fingerprint density at radius 3 is 2.73 bits per heavy atom. The van der Waals surface area contributed by atoms with Crippen molar-refractivity contribution in [3.8, 4) is 0 Å². The van der Waals surface area contributed by atoms with Gasteiger partial charge in [0.25, 0.3) is 0 Å². The molecule has 2 atom stereocenters. The molecule has 0 aromatic carbocycles. The van der Waals surface area contributed by atoms with Gasteiger partial charge in [-0.3, -0.25) is 4.79 Å². The van der Waals surface area contributed by atoms with Gasteiger partial charge in [0.1, 0.15) is 0 Å². The number of rotatable bonds is 0. The van der Waals surface area contributed by atoms with Gasteiger partial charge in [-0.1, -0.05) is 32.1 Å². The van der Waals surface area contributed by atoms with E-state index in [1.54, 1.807) is 6.08 Å². The van der Waals surface area contributed by atoms with Crippen LogP contribution in [-0.2, 0) is 4.79 Å². The highest BCUT2D eigenvalue weighted by atomic mass is 16.1. The van der Waals surface area contributed by atoms with Crippen LogP contribution in [0.15, 0.2) is 24.3 Å². The molecule has 58 valence electrons. The fourth-order valence-electron chi connectivity index (χ4n) is 1.98. The molecule has 2 aliphatic rings. The lowest BCUT2D eigenvalue weighted by Crippen LogP contribution is -2.32. The van der Waals surface area contributed by atoms with Crippen LogP contribution in [0.3, 0.4) is 0 Å². The third-order valence-electron chi connectivity index (χ3n) is 3.30. The average Bonchev–Trinajstić information content (AvgIpc) is 2.34. The number of hydrogen-bond acceptors (Lipinski definition) is 1. The van der Waals surface area contributed by atoms with Gasteiger partial charge in [0, 0.05) is 10.8 Å². The van der Waals surface area contributed by atoms with Crippen LogP contribution in [0.5, 0.6) is 0 Å². The fourth-order valence-corrected chi connectivity index (χ4v) is 1.98. The number of ketones is 1. The van der Waals surface area contributed by atoms with E-state index in [1.165, 1.54) is 0 Å².